The molecule has 5 nitrogen and oxygen atoms in total. The molecular weight excluding hydrogens is 346 g/mol. The Kier molecular flexibility index (Phi) is 3.36. The van der Waals surface area contributed by atoms with Crippen LogP contribution in [0.3, 0.4) is 0 Å². The third kappa shape index (κ3) is 1.79. The van der Waals surface area contributed by atoms with Crippen LogP contribution in [0.5, 0.6) is 0 Å². The van der Waals surface area contributed by atoms with Crippen LogP contribution in [0, 0.1) is 16.2 Å². The van der Waals surface area contributed by atoms with Crippen molar-refractivity contribution in [3.63, 3.8) is 0 Å². The number of hydrogen-bond acceptors (Lipinski definition) is 4. The van der Waals surface area contributed by atoms with Crippen molar-refractivity contribution in [3.05, 3.63) is 22.8 Å². The lowest BCUT2D eigenvalue weighted by Gasteiger charge is -2.39. The minimum Gasteiger partial charge on any atom is -0.411 e. The van der Waals surface area contributed by atoms with Crippen LogP contribution in [0.2, 0.25) is 0 Å². The summed E-state index contributed by atoms with van der Waals surface area (Å²) in [5, 5.41) is 15.8. The summed E-state index contributed by atoms with van der Waals surface area (Å²) in [6, 6.07) is 3.62. The number of halogens is 1. The van der Waals surface area contributed by atoms with Gasteiger partial charge in [-0.2, -0.15) is 0 Å². The number of carbonyl (C=O) groups excluding carboxylic acids is 1. The first-order valence-electron chi connectivity index (χ1n) is 7.41. The molecule has 0 aliphatic heterocycles. The Morgan fingerprint density at radius 3 is 2.64 bits per heavy atom. The number of rotatable bonds is 2. The van der Waals surface area contributed by atoms with Crippen molar-refractivity contribution in [3.8, 4) is 0 Å². The van der Waals surface area contributed by atoms with Gasteiger partial charge in [0.2, 0.25) is 5.91 Å². The zero-order chi connectivity index (χ0) is 16.2. The third-order valence-electron chi connectivity index (χ3n) is 6.26. The number of fused-ring (bicyclic) bond motifs is 2. The molecule has 2 fully saturated rings. The smallest absolute Gasteiger partial charge is 0.232 e. The Morgan fingerprint density at radius 2 is 2.09 bits per heavy atom. The molecule has 0 aromatic carbocycles. The molecule has 3 rings (SSSR count). The summed E-state index contributed by atoms with van der Waals surface area (Å²) >= 11 is 3.33. The molecule has 1 aromatic heterocycles. The van der Waals surface area contributed by atoms with E-state index < -0.39 is 5.41 Å². The van der Waals surface area contributed by atoms with E-state index in [0.717, 1.165) is 23.0 Å². The lowest BCUT2D eigenvalue weighted by atomic mass is 9.64. The molecule has 1 amide bonds. The first-order chi connectivity index (χ1) is 10.3. The van der Waals surface area contributed by atoms with E-state index >= 15 is 0 Å². The maximum Gasteiger partial charge on any atom is 0.232 e. The maximum absolute atomic E-state index is 13.0. The molecule has 2 saturated carbocycles. The van der Waals surface area contributed by atoms with Crippen LogP contribution in [0.4, 0.5) is 5.82 Å². The van der Waals surface area contributed by atoms with E-state index in [4.69, 9.17) is 0 Å². The van der Waals surface area contributed by atoms with Gasteiger partial charge in [0, 0.05) is 22.5 Å². The summed E-state index contributed by atoms with van der Waals surface area (Å²) in [5.74, 6) is 0.510. The number of nitrogens with zero attached hydrogens (tertiary/aromatic N) is 2. The molecule has 0 spiro atoms. The molecule has 1 heterocycles. The lowest BCUT2D eigenvalue weighted by Crippen LogP contribution is -2.43. The second-order valence-electron chi connectivity index (χ2n) is 7.08. The second-order valence-corrected chi connectivity index (χ2v) is 7.99. The fourth-order valence-electron chi connectivity index (χ4n) is 4.22. The van der Waals surface area contributed by atoms with E-state index in [2.05, 4.69) is 52.2 Å². The Labute approximate surface area is 138 Å². The predicted octanol–water partition coefficient (Wildman–Crippen LogP) is 3.83. The molecule has 22 heavy (non-hydrogen) atoms. The van der Waals surface area contributed by atoms with Crippen molar-refractivity contribution < 1.29 is 10.0 Å². The molecule has 0 unspecified atom stereocenters. The zero-order valence-electron chi connectivity index (χ0n) is 13.0. The first kappa shape index (κ1) is 15.5. The van der Waals surface area contributed by atoms with Gasteiger partial charge in [-0.25, -0.2) is 4.98 Å². The van der Waals surface area contributed by atoms with E-state index in [-0.39, 0.29) is 16.7 Å². The van der Waals surface area contributed by atoms with Crippen LogP contribution in [0.1, 0.15) is 40.0 Å². The van der Waals surface area contributed by atoms with Crippen LogP contribution >= 0.6 is 15.9 Å². The van der Waals surface area contributed by atoms with Gasteiger partial charge in [-0.3, -0.25) is 4.79 Å². The van der Waals surface area contributed by atoms with E-state index in [0.29, 0.717) is 12.2 Å². The number of amides is 1. The van der Waals surface area contributed by atoms with Gasteiger partial charge in [0.1, 0.15) is 5.82 Å². The summed E-state index contributed by atoms with van der Waals surface area (Å²) in [6.07, 6.45) is 3.83. The van der Waals surface area contributed by atoms with Crippen molar-refractivity contribution in [2.24, 2.45) is 21.4 Å². The van der Waals surface area contributed by atoms with Gasteiger partial charge in [0.15, 0.2) is 0 Å². The van der Waals surface area contributed by atoms with Gasteiger partial charge in [-0.1, -0.05) is 25.9 Å². The van der Waals surface area contributed by atoms with Gasteiger partial charge in [0.25, 0.3) is 0 Å². The van der Waals surface area contributed by atoms with Crippen molar-refractivity contribution in [2.45, 2.75) is 40.0 Å². The van der Waals surface area contributed by atoms with Crippen molar-refractivity contribution in [1.82, 2.24) is 4.98 Å². The predicted molar refractivity (Wildman–Crippen MR) is 88.0 cm³/mol. The van der Waals surface area contributed by atoms with Gasteiger partial charge in [-0.15, -0.1) is 0 Å². The summed E-state index contributed by atoms with van der Waals surface area (Å²) in [5.41, 5.74) is -0.298. The molecule has 0 radical (unpaired) electrons. The monoisotopic (exact) mass is 365 g/mol. The first-order valence-corrected chi connectivity index (χ1v) is 8.21. The summed E-state index contributed by atoms with van der Waals surface area (Å²) in [6.45, 7) is 6.31. The molecule has 1 aromatic rings. The molecule has 6 heteroatoms. The molecular formula is C16H20BrN3O2. The Hall–Kier alpha value is -1.43. The van der Waals surface area contributed by atoms with Crippen molar-refractivity contribution in [1.29, 1.82) is 0 Å². The number of nitrogens with one attached hydrogen (secondary N) is 1. The molecule has 0 saturated heterocycles. The van der Waals surface area contributed by atoms with Crippen LogP contribution in [-0.2, 0) is 4.79 Å². The van der Waals surface area contributed by atoms with Crippen LogP contribution in [0.25, 0.3) is 0 Å². The highest BCUT2D eigenvalue weighted by atomic mass is 79.9. The van der Waals surface area contributed by atoms with E-state index in [1.54, 1.807) is 12.3 Å². The SMILES string of the molecule is CC1(C)[C@]2(C(=O)Nc3ccc(Br)cn3)CC[C@@]1(C)/C(=N\O)C2. The Bertz CT molecular complexity index is 656. The second kappa shape index (κ2) is 4.78. The molecule has 2 bridgehead atoms. The van der Waals surface area contributed by atoms with Gasteiger partial charge >= 0.3 is 0 Å². The lowest BCUT2D eigenvalue weighted by molar-refractivity contribution is -0.130. The highest BCUT2D eigenvalue weighted by molar-refractivity contribution is 9.10. The number of hydrogen-bond donors (Lipinski definition) is 2. The molecule has 2 N–H and O–H groups in total. The van der Waals surface area contributed by atoms with Crippen LogP contribution in [-0.4, -0.2) is 21.8 Å². The van der Waals surface area contributed by atoms with Gasteiger partial charge < -0.3 is 10.5 Å². The van der Waals surface area contributed by atoms with E-state index in [1.165, 1.54) is 0 Å². The average Bonchev–Trinajstić information content (AvgIpc) is 2.79. The van der Waals surface area contributed by atoms with Crippen molar-refractivity contribution in [2.75, 3.05) is 5.32 Å². The summed E-state index contributed by atoms with van der Waals surface area (Å²) in [4.78, 5) is 17.2. The molecule has 2 aliphatic carbocycles. The van der Waals surface area contributed by atoms with E-state index in [1.807, 2.05) is 6.07 Å². The number of carbonyl (C=O) groups is 1. The minimum atomic E-state index is -0.544. The minimum absolute atomic E-state index is 0.0327. The standard InChI is InChI=1S/C16H20BrN3O2/c1-14(2)15(3)6-7-16(14,8-11(15)20-22)13(21)19-12-5-4-10(17)9-18-12/h4-5,9,22H,6-8H2,1-3H3,(H,18,19,21)/b20-11-/t15-,16+/m0/s1. The number of aromatic nitrogens is 1. The number of pyridine rings is 1. The quantitative estimate of drug-likeness (QED) is 0.617. The van der Waals surface area contributed by atoms with Crippen LogP contribution in [0.15, 0.2) is 28.0 Å². The van der Waals surface area contributed by atoms with E-state index in [9.17, 15) is 10.0 Å². The fraction of sp³-hybridized carbons (Fsp3) is 0.562. The van der Waals surface area contributed by atoms with Gasteiger partial charge in [-0.05, 0) is 46.3 Å². The highest BCUT2D eigenvalue weighted by Gasteiger charge is 2.71. The Balaban J connectivity index is 1.93. The van der Waals surface area contributed by atoms with Gasteiger partial charge in [0.05, 0.1) is 11.1 Å². The maximum atomic E-state index is 13.0. The molecule has 2 aliphatic rings. The average molecular weight is 366 g/mol. The number of anilines is 1. The zero-order valence-corrected chi connectivity index (χ0v) is 14.6. The van der Waals surface area contributed by atoms with Crippen molar-refractivity contribution >= 4 is 33.4 Å². The summed E-state index contributed by atoms with van der Waals surface area (Å²) < 4.78 is 0.869. The molecule has 2 atom stereocenters. The normalized spacial score (nSPS) is 34.1. The topological polar surface area (TPSA) is 74.6 Å². The number of oxime groups is 1. The molecule has 118 valence electrons. The summed E-state index contributed by atoms with van der Waals surface area (Å²) in [7, 11) is 0. The highest BCUT2D eigenvalue weighted by Crippen LogP contribution is 2.71. The fourth-order valence-corrected chi connectivity index (χ4v) is 4.46. The largest absolute Gasteiger partial charge is 0.411 e. The van der Waals surface area contributed by atoms with Crippen LogP contribution < -0.4 is 5.32 Å². The third-order valence-corrected chi connectivity index (χ3v) is 6.73. The Morgan fingerprint density at radius 1 is 1.36 bits per heavy atom.